The van der Waals surface area contributed by atoms with E-state index in [0.717, 1.165) is 13.0 Å². The van der Waals surface area contributed by atoms with Gasteiger partial charge in [0, 0.05) is 18.7 Å². The Balaban J connectivity index is 2.40. The first-order chi connectivity index (χ1) is 9.45. The Morgan fingerprint density at radius 3 is 2.65 bits per heavy atom. The van der Waals surface area contributed by atoms with Crippen molar-refractivity contribution in [3.63, 3.8) is 0 Å². The molecular formula is C17H28N2O. The lowest BCUT2D eigenvalue weighted by molar-refractivity contribution is 0.0371. The number of hydrogen-bond donors (Lipinski definition) is 1. The third-order valence-corrected chi connectivity index (χ3v) is 4.21. The van der Waals surface area contributed by atoms with Crippen molar-refractivity contribution in [1.82, 2.24) is 4.90 Å². The number of methoxy groups -OCH3 is 1. The molecule has 0 aliphatic carbocycles. The third kappa shape index (κ3) is 3.22. The molecule has 20 heavy (non-hydrogen) atoms. The minimum absolute atomic E-state index is 0.128. The van der Waals surface area contributed by atoms with Crippen LogP contribution in [0.3, 0.4) is 0 Å². The van der Waals surface area contributed by atoms with Crippen LogP contribution in [-0.2, 0) is 11.3 Å². The van der Waals surface area contributed by atoms with Gasteiger partial charge in [0.05, 0.1) is 12.6 Å². The first-order valence-electron chi connectivity index (χ1n) is 7.54. The predicted molar refractivity (Wildman–Crippen MR) is 83.6 cm³/mol. The molecule has 0 radical (unpaired) electrons. The SMILES string of the molecule is COCc1ccccc1C1C(N)CCCN1C(C)(C)C. The maximum Gasteiger partial charge on any atom is 0.0716 e. The second kappa shape index (κ2) is 6.25. The van der Waals surface area contributed by atoms with Crippen LogP contribution in [0.2, 0.25) is 0 Å². The summed E-state index contributed by atoms with van der Waals surface area (Å²) in [6.07, 6.45) is 2.28. The zero-order valence-electron chi connectivity index (χ0n) is 13.2. The van der Waals surface area contributed by atoms with Gasteiger partial charge in [-0.1, -0.05) is 24.3 Å². The Kier molecular flexibility index (Phi) is 4.84. The summed E-state index contributed by atoms with van der Waals surface area (Å²) in [5, 5.41) is 0. The average Bonchev–Trinajstić information content (AvgIpc) is 2.39. The number of likely N-dealkylation sites (tertiary alicyclic amines) is 1. The van der Waals surface area contributed by atoms with Crippen molar-refractivity contribution in [2.24, 2.45) is 5.73 Å². The van der Waals surface area contributed by atoms with E-state index in [2.05, 4.69) is 49.9 Å². The Morgan fingerprint density at radius 1 is 1.30 bits per heavy atom. The maximum atomic E-state index is 6.48. The van der Waals surface area contributed by atoms with Crippen molar-refractivity contribution in [3.05, 3.63) is 35.4 Å². The fourth-order valence-corrected chi connectivity index (χ4v) is 3.29. The van der Waals surface area contributed by atoms with Crippen LogP contribution in [0.15, 0.2) is 24.3 Å². The van der Waals surface area contributed by atoms with E-state index in [1.807, 2.05) is 0 Å². The number of piperidine rings is 1. The number of hydrogen-bond acceptors (Lipinski definition) is 3. The first kappa shape index (κ1) is 15.5. The monoisotopic (exact) mass is 276 g/mol. The molecule has 1 fully saturated rings. The highest BCUT2D eigenvalue weighted by Crippen LogP contribution is 2.37. The lowest BCUT2D eigenvalue weighted by Gasteiger charge is -2.48. The van der Waals surface area contributed by atoms with Crippen molar-refractivity contribution in [3.8, 4) is 0 Å². The minimum Gasteiger partial charge on any atom is -0.380 e. The molecule has 1 aromatic carbocycles. The van der Waals surface area contributed by atoms with Crippen molar-refractivity contribution < 1.29 is 4.74 Å². The molecule has 0 bridgehead atoms. The number of ether oxygens (including phenoxy) is 1. The highest BCUT2D eigenvalue weighted by atomic mass is 16.5. The molecule has 0 saturated carbocycles. The van der Waals surface area contributed by atoms with Crippen LogP contribution in [0, 0.1) is 0 Å². The van der Waals surface area contributed by atoms with E-state index in [1.54, 1.807) is 7.11 Å². The quantitative estimate of drug-likeness (QED) is 0.922. The van der Waals surface area contributed by atoms with Gasteiger partial charge in [-0.05, 0) is 51.3 Å². The highest BCUT2D eigenvalue weighted by molar-refractivity contribution is 5.31. The molecule has 112 valence electrons. The van der Waals surface area contributed by atoms with Gasteiger partial charge in [0.1, 0.15) is 0 Å². The Hall–Kier alpha value is -0.900. The predicted octanol–water partition coefficient (Wildman–Crippen LogP) is 3.10. The maximum absolute atomic E-state index is 6.48. The van der Waals surface area contributed by atoms with Gasteiger partial charge in [-0.2, -0.15) is 0 Å². The Morgan fingerprint density at radius 2 is 2.00 bits per heavy atom. The molecule has 3 nitrogen and oxygen atoms in total. The number of rotatable bonds is 3. The highest BCUT2D eigenvalue weighted by Gasteiger charge is 2.37. The second-order valence-corrected chi connectivity index (χ2v) is 6.75. The summed E-state index contributed by atoms with van der Waals surface area (Å²) in [5.41, 5.74) is 9.19. The number of nitrogens with two attached hydrogens (primary N) is 1. The molecule has 1 saturated heterocycles. The molecule has 2 atom stereocenters. The van der Waals surface area contributed by atoms with Gasteiger partial charge in [-0.15, -0.1) is 0 Å². The fourth-order valence-electron chi connectivity index (χ4n) is 3.29. The molecule has 2 N–H and O–H groups in total. The Bertz CT molecular complexity index is 439. The summed E-state index contributed by atoms with van der Waals surface area (Å²) in [6.45, 7) is 8.59. The average molecular weight is 276 g/mol. The molecule has 3 heteroatoms. The van der Waals surface area contributed by atoms with Crippen molar-refractivity contribution in [1.29, 1.82) is 0 Å². The second-order valence-electron chi connectivity index (χ2n) is 6.75. The molecule has 2 rings (SSSR count). The summed E-state index contributed by atoms with van der Waals surface area (Å²) >= 11 is 0. The van der Waals surface area contributed by atoms with E-state index < -0.39 is 0 Å². The lowest BCUT2D eigenvalue weighted by Crippen LogP contribution is -2.53. The molecule has 2 unspecified atom stereocenters. The summed E-state index contributed by atoms with van der Waals surface area (Å²) in [6, 6.07) is 9.03. The molecule has 1 aliphatic rings. The Labute approximate surface area is 123 Å². The van der Waals surface area contributed by atoms with E-state index in [4.69, 9.17) is 10.5 Å². The standard InChI is InChI=1S/C17H28N2O/c1-17(2,3)19-11-7-10-15(18)16(19)14-9-6-5-8-13(14)12-20-4/h5-6,8-9,15-16H,7,10-12,18H2,1-4H3. The minimum atomic E-state index is 0.128. The third-order valence-electron chi connectivity index (χ3n) is 4.21. The van der Waals surface area contributed by atoms with E-state index in [1.165, 1.54) is 17.5 Å². The van der Waals surface area contributed by atoms with Gasteiger partial charge in [-0.25, -0.2) is 0 Å². The van der Waals surface area contributed by atoms with Gasteiger partial charge >= 0.3 is 0 Å². The van der Waals surface area contributed by atoms with Crippen molar-refractivity contribution in [2.75, 3.05) is 13.7 Å². The van der Waals surface area contributed by atoms with E-state index in [0.29, 0.717) is 6.61 Å². The first-order valence-corrected chi connectivity index (χ1v) is 7.54. The summed E-state index contributed by atoms with van der Waals surface area (Å²) in [7, 11) is 1.75. The zero-order valence-corrected chi connectivity index (χ0v) is 13.2. The van der Waals surface area contributed by atoms with Gasteiger partial charge in [0.25, 0.3) is 0 Å². The molecule has 0 spiro atoms. The van der Waals surface area contributed by atoms with Crippen LogP contribution < -0.4 is 5.73 Å². The van der Waals surface area contributed by atoms with Gasteiger partial charge in [-0.3, -0.25) is 4.90 Å². The van der Waals surface area contributed by atoms with Crippen LogP contribution in [0.5, 0.6) is 0 Å². The van der Waals surface area contributed by atoms with Crippen LogP contribution in [-0.4, -0.2) is 30.1 Å². The molecule has 0 aromatic heterocycles. The molecule has 1 heterocycles. The molecule has 1 aliphatic heterocycles. The smallest absolute Gasteiger partial charge is 0.0716 e. The van der Waals surface area contributed by atoms with Crippen molar-refractivity contribution in [2.45, 2.75) is 57.8 Å². The molecular weight excluding hydrogens is 248 g/mol. The topological polar surface area (TPSA) is 38.5 Å². The summed E-state index contributed by atoms with van der Waals surface area (Å²) < 4.78 is 5.36. The van der Waals surface area contributed by atoms with E-state index >= 15 is 0 Å². The van der Waals surface area contributed by atoms with Gasteiger partial charge in [0.15, 0.2) is 0 Å². The zero-order chi connectivity index (χ0) is 14.8. The van der Waals surface area contributed by atoms with Crippen LogP contribution in [0.4, 0.5) is 0 Å². The normalized spacial score (nSPS) is 24.9. The van der Waals surface area contributed by atoms with E-state index in [-0.39, 0.29) is 17.6 Å². The fraction of sp³-hybridized carbons (Fsp3) is 0.647. The van der Waals surface area contributed by atoms with Gasteiger partial charge in [0.2, 0.25) is 0 Å². The van der Waals surface area contributed by atoms with Crippen molar-refractivity contribution >= 4 is 0 Å². The summed E-state index contributed by atoms with van der Waals surface area (Å²) in [5.74, 6) is 0. The summed E-state index contributed by atoms with van der Waals surface area (Å²) in [4.78, 5) is 2.55. The van der Waals surface area contributed by atoms with Gasteiger partial charge < -0.3 is 10.5 Å². The van der Waals surface area contributed by atoms with Crippen LogP contribution in [0.25, 0.3) is 0 Å². The molecule has 0 amide bonds. The number of nitrogens with zero attached hydrogens (tertiary/aromatic N) is 1. The van der Waals surface area contributed by atoms with Crippen LogP contribution >= 0.6 is 0 Å². The largest absolute Gasteiger partial charge is 0.380 e. The van der Waals surface area contributed by atoms with Crippen LogP contribution in [0.1, 0.15) is 50.8 Å². The van der Waals surface area contributed by atoms with E-state index in [9.17, 15) is 0 Å². The molecule has 1 aromatic rings. The number of benzene rings is 1. The lowest BCUT2D eigenvalue weighted by atomic mass is 9.85.